The van der Waals surface area contributed by atoms with Crippen molar-refractivity contribution in [3.05, 3.63) is 64.7 Å². The van der Waals surface area contributed by atoms with E-state index in [1.54, 1.807) is 0 Å². The Labute approximate surface area is 171 Å². The number of amides is 1. The molecule has 1 heterocycles. The number of hydrogen-bond acceptors (Lipinski definition) is 2. The number of carbonyl (C=O) groups is 1. The van der Waals surface area contributed by atoms with E-state index in [1.165, 1.54) is 19.3 Å². The molecule has 2 aromatic carbocycles. The maximum atomic E-state index is 13.4. The van der Waals surface area contributed by atoms with E-state index in [2.05, 4.69) is 12.2 Å². The van der Waals surface area contributed by atoms with Crippen molar-refractivity contribution in [2.24, 2.45) is 5.92 Å². The minimum atomic E-state index is -0.00173. The van der Waals surface area contributed by atoms with Gasteiger partial charge in [-0.25, -0.2) is 4.98 Å². The number of hydrogen-bond donors (Lipinski definition) is 1. The van der Waals surface area contributed by atoms with E-state index >= 15 is 0 Å². The van der Waals surface area contributed by atoms with Crippen LogP contribution in [-0.2, 0) is 0 Å². The number of nitrogens with one attached hydrogen (secondary N) is 1. The molecule has 4 heteroatoms. The Bertz CT molecular complexity index is 1030. The molecule has 1 saturated carbocycles. The van der Waals surface area contributed by atoms with Gasteiger partial charge >= 0.3 is 0 Å². The summed E-state index contributed by atoms with van der Waals surface area (Å²) in [6.07, 6.45) is 4.66. The van der Waals surface area contributed by atoms with Crippen LogP contribution >= 0.6 is 11.6 Å². The van der Waals surface area contributed by atoms with Crippen LogP contribution in [0.3, 0.4) is 0 Å². The first-order valence-corrected chi connectivity index (χ1v) is 10.4. The van der Waals surface area contributed by atoms with Gasteiger partial charge in [-0.3, -0.25) is 4.79 Å². The van der Waals surface area contributed by atoms with Gasteiger partial charge in [0.1, 0.15) is 0 Å². The van der Waals surface area contributed by atoms with Crippen LogP contribution in [0.4, 0.5) is 0 Å². The molecule has 1 amide bonds. The summed E-state index contributed by atoms with van der Waals surface area (Å²) in [5, 5.41) is 4.87. The van der Waals surface area contributed by atoms with E-state index < -0.39 is 0 Å². The van der Waals surface area contributed by atoms with Crippen LogP contribution in [0.15, 0.2) is 48.5 Å². The van der Waals surface area contributed by atoms with Crippen molar-refractivity contribution in [2.75, 3.05) is 0 Å². The lowest BCUT2D eigenvalue weighted by Crippen LogP contribution is -2.41. The molecule has 0 spiro atoms. The van der Waals surface area contributed by atoms with Crippen LogP contribution in [0, 0.1) is 12.8 Å². The molecule has 1 fully saturated rings. The maximum absolute atomic E-state index is 13.4. The van der Waals surface area contributed by atoms with Crippen molar-refractivity contribution in [2.45, 2.75) is 45.6 Å². The monoisotopic (exact) mass is 392 g/mol. The summed E-state index contributed by atoms with van der Waals surface area (Å²) in [7, 11) is 0. The van der Waals surface area contributed by atoms with Gasteiger partial charge in [-0.15, -0.1) is 0 Å². The summed E-state index contributed by atoms with van der Waals surface area (Å²) in [5.41, 5.74) is 4.17. The maximum Gasteiger partial charge on any atom is 0.252 e. The van der Waals surface area contributed by atoms with E-state index in [0.29, 0.717) is 10.9 Å². The van der Waals surface area contributed by atoms with Crippen molar-refractivity contribution >= 4 is 28.4 Å². The number of benzene rings is 2. The molecule has 0 saturated heterocycles. The average molecular weight is 393 g/mol. The Kier molecular flexibility index (Phi) is 5.36. The summed E-state index contributed by atoms with van der Waals surface area (Å²) < 4.78 is 0. The minimum Gasteiger partial charge on any atom is -0.349 e. The van der Waals surface area contributed by atoms with Crippen LogP contribution in [0.1, 0.15) is 48.5 Å². The van der Waals surface area contributed by atoms with Gasteiger partial charge < -0.3 is 5.32 Å². The zero-order valence-corrected chi connectivity index (χ0v) is 17.1. The van der Waals surface area contributed by atoms with Gasteiger partial charge in [-0.2, -0.15) is 0 Å². The predicted octanol–water partition coefficient (Wildman–Crippen LogP) is 6.17. The number of rotatable bonds is 3. The molecular weight excluding hydrogens is 368 g/mol. The first kappa shape index (κ1) is 18.9. The number of fused-ring (bicyclic) bond motifs is 1. The number of aromatic nitrogens is 1. The summed E-state index contributed by atoms with van der Waals surface area (Å²) in [6.45, 7) is 4.22. The van der Waals surface area contributed by atoms with Crippen LogP contribution in [-0.4, -0.2) is 16.9 Å². The fourth-order valence-corrected chi connectivity index (χ4v) is 4.48. The van der Waals surface area contributed by atoms with Crippen molar-refractivity contribution in [3.63, 3.8) is 0 Å². The topological polar surface area (TPSA) is 42.0 Å². The Balaban J connectivity index is 1.82. The van der Waals surface area contributed by atoms with Crippen LogP contribution in [0.25, 0.3) is 22.2 Å². The summed E-state index contributed by atoms with van der Waals surface area (Å²) in [4.78, 5) is 18.2. The lowest BCUT2D eigenvalue weighted by atomic mass is 9.85. The zero-order chi connectivity index (χ0) is 19.7. The number of pyridine rings is 1. The van der Waals surface area contributed by atoms with Crippen LogP contribution in [0.5, 0.6) is 0 Å². The molecule has 0 unspecified atom stereocenters. The van der Waals surface area contributed by atoms with Gasteiger partial charge in [0.15, 0.2) is 0 Å². The molecule has 0 bridgehead atoms. The zero-order valence-electron chi connectivity index (χ0n) is 16.3. The Hall–Kier alpha value is -2.39. The number of nitrogens with zero attached hydrogens (tertiary/aromatic N) is 1. The first-order chi connectivity index (χ1) is 13.5. The molecule has 1 aliphatic carbocycles. The van der Waals surface area contributed by atoms with E-state index in [9.17, 15) is 4.79 Å². The third kappa shape index (κ3) is 3.64. The summed E-state index contributed by atoms with van der Waals surface area (Å²) in [6, 6.07) is 15.7. The second-order valence-electron chi connectivity index (χ2n) is 7.83. The van der Waals surface area contributed by atoms with E-state index in [1.807, 2.05) is 55.5 Å². The normalized spacial score (nSPS) is 19.5. The molecular formula is C24H25ClN2O. The van der Waals surface area contributed by atoms with E-state index in [4.69, 9.17) is 16.6 Å². The Morgan fingerprint density at radius 2 is 1.89 bits per heavy atom. The molecule has 1 N–H and O–H groups in total. The molecule has 1 aliphatic rings. The van der Waals surface area contributed by atoms with Crippen LogP contribution in [0.2, 0.25) is 5.02 Å². The van der Waals surface area contributed by atoms with Gasteiger partial charge in [0.2, 0.25) is 0 Å². The molecule has 0 aliphatic heterocycles. The molecule has 1 aromatic heterocycles. The summed E-state index contributed by atoms with van der Waals surface area (Å²) in [5.74, 6) is 0.511. The molecule has 0 radical (unpaired) electrons. The van der Waals surface area contributed by atoms with Gasteiger partial charge in [0.25, 0.3) is 5.91 Å². The van der Waals surface area contributed by atoms with Crippen molar-refractivity contribution in [1.29, 1.82) is 0 Å². The largest absolute Gasteiger partial charge is 0.349 e. The summed E-state index contributed by atoms with van der Waals surface area (Å²) >= 11 is 6.21. The van der Waals surface area contributed by atoms with Crippen LogP contribution < -0.4 is 5.32 Å². The lowest BCUT2D eigenvalue weighted by Gasteiger charge is -2.30. The quantitative estimate of drug-likeness (QED) is 0.578. The highest BCUT2D eigenvalue weighted by atomic mass is 35.5. The van der Waals surface area contributed by atoms with Gasteiger partial charge in [-0.1, -0.05) is 61.7 Å². The number of para-hydroxylation sites is 1. The Morgan fingerprint density at radius 1 is 1.11 bits per heavy atom. The standard InChI is InChI=1S/C24H25ClN2O/c1-15-8-3-5-12-20(15)27-24(28)22-16(2)23(17-9-7-10-18(25)14-17)26-21-13-6-4-11-19(21)22/h4,6-7,9-11,13-15,20H,3,5,8,12H2,1-2H3,(H,27,28)/t15-,20-/m1/s1. The second-order valence-corrected chi connectivity index (χ2v) is 8.27. The number of halogens is 1. The molecule has 3 nitrogen and oxygen atoms in total. The third-order valence-corrected chi connectivity index (χ3v) is 6.12. The van der Waals surface area contributed by atoms with E-state index in [-0.39, 0.29) is 11.9 Å². The molecule has 28 heavy (non-hydrogen) atoms. The Morgan fingerprint density at radius 3 is 2.68 bits per heavy atom. The van der Waals surface area contributed by atoms with Gasteiger partial charge in [0.05, 0.1) is 16.8 Å². The molecule has 4 rings (SSSR count). The first-order valence-electron chi connectivity index (χ1n) is 10.0. The highest BCUT2D eigenvalue weighted by Crippen LogP contribution is 2.31. The minimum absolute atomic E-state index is 0.00173. The van der Waals surface area contributed by atoms with Gasteiger partial charge in [-0.05, 0) is 49.4 Å². The van der Waals surface area contributed by atoms with Crippen molar-refractivity contribution in [1.82, 2.24) is 10.3 Å². The van der Waals surface area contributed by atoms with Crippen molar-refractivity contribution in [3.8, 4) is 11.3 Å². The van der Waals surface area contributed by atoms with E-state index in [0.717, 1.165) is 39.7 Å². The van der Waals surface area contributed by atoms with Crippen molar-refractivity contribution < 1.29 is 4.79 Å². The number of carbonyl (C=O) groups excluding carboxylic acids is 1. The average Bonchev–Trinajstić information content (AvgIpc) is 2.69. The molecule has 144 valence electrons. The third-order valence-electron chi connectivity index (χ3n) is 5.89. The SMILES string of the molecule is Cc1c(-c2cccc(Cl)c2)nc2ccccc2c1C(=O)N[C@@H]1CCCC[C@H]1C. The second kappa shape index (κ2) is 7.92. The van der Waals surface area contributed by atoms with Gasteiger partial charge in [0, 0.05) is 22.0 Å². The smallest absolute Gasteiger partial charge is 0.252 e. The fourth-order valence-electron chi connectivity index (χ4n) is 4.29. The lowest BCUT2D eigenvalue weighted by molar-refractivity contribution is 0.0911. The molecule has 3 aromatic rings. The molecule has 2 atom stereocenters. The predicted molar refractivity (Wildman–Crippen MR) is 116 cm³/mol. The highest BCUT2D eigenvalue weighted by Gasteiger charge is 2.26. The highest BCUT2D eigenvalue weighted by molar-refractivity contribution is 6.30. The fraction of sp³-hybridized carbons (Fsp3) is 0.333.